The molecule has 3 nitrogen and oxygen atoms in total. The third kappa shape index (κ3) is 4.43. The van der Waals surface area contributed by atoms with Crippen molar-refractivity contribution in [2.24, 2.45) is 0 Å². The predicted molar refractivity (Wildman–Crippen MR) is 82.0 cm³/mol. The quantitative estimate of drug-likeness (QED) is 0.871. The van der Waals surface area contributed by atoms with Gasteiger partial charge in [0.05, 0.1) is 5.56 Å². The van der Waals surface area contributed by atoms with Gasteiger partial charge in [-0.3, -0.25) is 0 Å². The second-order valence-corrected chi connectivity index (χ2v) is 6.38. The Labute approximate surface area is 127 Å². The average molecular weight is 319 g/mol. The van der Waals surface area contributed by atoms with Crippen LogP contribution in [0.5, 0.6) is 0 Å². The zero-order valence-electron chi connectivity index (χ0n) is 12.1. The maximum Gasteiger partial charge on any atom is 0.416 e. The van der Waals surface area contributed by atoms with Crippen LogP contribution in [0.25, 0.3) is 0 Å². The van der Waals surface area contributed by atoms with Crippen LogP contribution in [-0.2, 0) is 6.18 Å². The Morgan fingerprint density at radius 3 is 2.57 bits per heavy atom. The number of hydrogen-bond donors (Lipinski definition) is 2. The number of anilines is 2. The highest BCUT2D eigenvalue weighted by Crippen LogP contribution is 2.33. The molecule has 1 aliphatic rings. The molecule has 1 saturated carbocycles. The van der Waals surface area contributed by atoms with Gasteiger partial charge in [0.1, 0.15) is 11.6 Å². The van der Waals surface area contributed by atoms with Crippen LogP contribution < -0.4 is 10.6 Å². The van der Waals surface area contributed by atoms with Crippen molar-refractivity contribution in [3.63, 3.8) is 0 Å². The van der Waals surface area contributed by atoms with E-state index in [1.54, 1.807) is 7.05 Å². The molecule has 0 radical (unpaired) electrons. The molecule has 2 unspecified atom stereocenters. The number of pyridine rings is 1. The van der Waals surface area contributed by atoms with E-state index < -0.39 is 11.7 Å². The highest BCUT2D eigenvalue weighted by Gasteiger charge is 2.32. The number of halogens is 3. The van der Waals surface area contributed by atoms with Crippen LogP contribution in [0.4, 0.5) is 24.8 Å². The summed E-state index contributed by atoms with van der Waals surface area (Å²) >= 11 is 1.82. The number of alkyl halides is 3. The minimum Gasteiger partial charge on any atom is -0.373 e. The molecule has 1 heterocycles. The van der Waals surface area contributed by atoms with Crippen LogP contribution in [0.15, 0.2) is 12.1 Å². The molecule has 1 fully saturated rings. The van der Waals surface area contributed by atoms with E-state index in [2.05, 4.69) is 21.9 Å². The van der Waals surface area contributed by atoms with Gasteiger partial charge in [0.25, 0.3) is 0 Å². The number of hydrogen-bond acceptors (Lipinski definition) is 4. The fourth-order valence-corrected chi connectivity index (χ4v) is 3.42. The second kappa shape index (κ2) is 6.77. The molecule has 0 bridgehead atoms. The van der Waals surface area contributed by atoms with Crippen molar-refractivity contribution >= 4 is 23.4 Å². The van der Waals surface area contributed by atoms with Crippen molar-refractivity contribution in [2.45, 2.75) is 43.2 Å². The molecule has 0 amide bonds. The summed E-state index contributed by atoms with van der Waals surface area (Å²) in [6, 6.07) is 2.30. The topological polar surface area (TPSA) is 37.0 Å². The molecular formula is C14H20F3N3S. The standard InChI is InChI=1S/C14H20F3N3S/c1-18-12-6-9(14(15,16)17)7-13(20-12)19-10-4-3-5-11(8-10)21-2/h6-7,10-11H,3-5,8H2,1-2H3,(H2,18,19,20). The summed E-state index contributed by atoms with van der Waals surface area (Å²) in [4.78, 5) is 4.18. The zero-order valence-corrected chi connectivity index (χ0v) is 12.9. The SMILES string of the molecule is CNc1cc(C(F)(F)F)cc(NC2CCCC(SC)C2)n1. The lowest BCUT2D eigenvalue weighted by molar-refractivity contribution is -0.137. The van der Waals surface area contributed by atoms with Gasteiger partial charge in [-0.1, -0.05) is 6.42 Å². The smallest absolute Gasteiger partial charge is 0.373 e. The molecule has 2 atom stereocenters. The fourth-order valence-electron chi connectivity index (χ4n) is 2.60. The Balaban J connectivity index is 2.15. The van der Waals surface area contributed by atoms with E-state index in [9.17, 15) is 13.2 Å². The highest BCUT2D eigenvalue weighted by molar-refractivity contribution is 7.99. The Hall–Kier alpha value is -1.11. The Morgan fingerprint density at radius 1 is 1.24 bits per heavy atom. The van der Waals surface area contributed by atoms with Crippen LogP contribution in [0.3, 0.4) is 0 Å². The summed E-state index contributed by atoms with van der Waals surface area (Å²) in [6.07, 6.45) is 1.93. The molecule has 1 aromatic rings. The summed E-state index contributed by atoms with van der Waals surface area (Å²) < 4.78 is 38.7. The molecule has 2 rings (SSSR count). The molecule has 7 heteroatoms. The normalized spacial score (nSPS) is 22.9. The Morgan fingerprint density at radius 2 is 1.95 bits per heavy atom. The predicted octanol–water partition coefficient (Wildman–Crippen LogP) is 4.23. The van der Waals surface area contributed by atoms with Crippen LogP contribution in [-0.4, -0.2) is 29.6 Å². The van der Waals surface area contributed by atoms with E-state index in [4.69, 9.17) is 0 Å². The number of thioether (sulfide) groups is 1. The lowest BCUT2D eigenvalue weighted by atomic mass is 9.95. The van der Waals surface area contributed by atoms with Crippen LogP contribution in [0, 0.1) is 0 Å². The van der Waals surface area contributed by atoms with Gasteiger partial charge >= 0.3 is 6.18 Å². The molecular weight excluding hydrogens is 299 g/mol. The van der Waals surface area contributed by atoms with E-state index in [-0.39, 0.29) is 11.9 Å². The second-order valence-electron chi connectivity index (χ2n) is 5.24. The molecule has 0 aromatic carbocycles. The van der Waals surface area contributed by atoms with Crippen molar-refractivity contribution in [3.8, 4) is 0 Å². The van der Waals surface area contributed by atoms with Crippen LogP contribution in [0.2, 0.25) is 0 Å². The fraction of sp³-hybridized carbons (Fsp3) is 0.643. The van der Waals surface area contributed by atoms with Crippen molar-refractivity contribution in [1.82, 2.24) is 4.98 Å². The maximum atomic E-state index is 12.9. The largest absolute Gasteiger partial charge is 0.416 e. The zero-order chi connectivity index (χ0) is 15.5. The van der Waals surface area contributed by atoms with Gasteiger partial charge in [0, 0.05) is 18.3 Å². The summed E-state index contributed by atoms with van der Waals surface area (Å²) in [5.74, 6) is 0.519. The number of nitrogens with zero attached hydrogens (tertiary/aromatic N) is 1. The summed E-state index contributed by atoms with van der Waals surface area (Å²) in [7, 11) is 1.57. The molecule has 2 N–H and O–H groups in total. The van der Waals surface area contributed by atoms with Crippen molar-refractivity contribution in [1.29, 1.82) is 0 Å². The van der Waals surface area contributed by atoms with Crippen molar-refractivity contribution < 1.29 is 13.2 Å². The Kier molecular flexibility index (Phi) is 5.24. The third-order valence-electron chi connectivity index (χ3n) is 3.72. The van der Waals surface area contributed by atoms with Gasteiger partial charge in [-0.15, -0.1) is 0 Å². The molecule has 0 spiro atoms. The number of nitrogens with one attached hydrogen (secondary N) is 2. The minimum atomic E-state index is -4.36. The Bertz CT molecular complexity index is 479. The van der Waals surface area contributed by atoms with E-state index in [0.29, 0.717) is 11.1 Å². The summed E-state index contributed by atoms with van der Waals surface area (Å²) in [6.45, 7) is 0. The van der Waals surface area contributed by atoms with Gasteiger partial charge in [-0.2, -0.15) is 24.9 Å². The molecule has 1 aromatic heterocycles. The molecule has 21 heavy (non-hydrogen) atoms. The first-order valence-electron chi connectivity index (χ1n) is 6.98. The van der Waals surface area contributed by atoms with Gasteiger partial charge < -0.3 is 10.6 Å². The van der Waals surface area contributed by atoms with E-state index in [0.717, 1.165) is 31.4 Å². The van der Waals surface area contributed by atoms with Gasteiger partial charge in [-0.25, -0.2) is 4.98 Å². The molecule has 0 saturated heterocycles. The first-order valence-corrected chi connectivity index (χ1v) is 8.27. The number of aromatic nitrogens is 1. The lowest BCUT2D eigenvalue weighted by Crippen LogP contribution is -2.29. The van der Waals surface area contributed by atoms with E-state index >= 15 is 0 Å². The van der Waals surface area contributed by atoms with Crippen molar-refractivity contribution in [3.05, 3.63) is 17.7 Å². The lowest BCUT2D eigenvalue weighted by Gasteiger charge is -2.29. The van der Waals surface area contributed by atoms with Gasteiger partial charge in [0.2, 0.25) is 0 Å². The third-order valence-corrected chi connectivity index (χ3v) is 4.82. The van der Waals surface area contributed by atoms with Gasteiger partial charge in [-0.05, 0) is 37.7 Å². The molecule has 0 aliphatic heterocycles. The highest BCUT2D eigenvalue weighted by atomic mass is 32.2. The van der Waals surface area contributed by atoms with E-state index in [1.165, 1.54) is 6.42 Å². The van der Waals surface area contributed by atoms with Crippen LogP contribution >= 0.6 is 11.8 Å². The maximum absolute atomic E-state index is 12.9. The van der Waals surface area contributed by atoms with Crippen LogP contribution in [0.1, 0.15) is 31.2 Å². The molecule has 118 valence electrons. The summed E-state index contributed by atoms with van der Waals surface area (Å²) in [5.41, 5.74) is -0.679. The average Bonchev–Trinajstić information content (AvgIpc) is 2.46. The minimum absolute atomic E-state index is 0.192. The number of rotatable bonds is 4. The van der Waals surface area contributed by atoms with Crippen molar-refractivity contribution in [2.75, 3.05) is 23.9 Å². The molecule has 1 aliphatic carbocycles. The van der Waals surface area contributed by atoms with Gasteiger partial charge in [0.15, 0.2) is 0 Å². The first kappa shape index (κ1) is 16.3. The van der Waals surface area contributed by atoms with E-state index in [1.807, 2.05) is 11.8 Å². The monoisotopic (exact) mass is 319 g/mol. The first-order chi connectivity index (χ1) is 9.92. The summed E-state index contributed by atoms with van der Waals surface area (Å²) in [5, 5.41) is 6.42.